The third-order valence-corrected chi connectivity index (χ3v) is 13.1. The van der Waals surface area contributed by atoms with Gasteiger partial charge in [-0.2, -0.15) is 0 Å². The van der Waals surface area contributed by atoms with Crippen LogP contribution in [-0.2, 0) is 38.3 Å². The number of methoxy groups -OCH3 is 1. The number of aliphatic hydroxyl groups excluding tert-OH is 1. The van der Waals surface area contributed by atoms with Gasteiger partial charge in [0, 0.05) is 21.1 Å². The third-order valence-electron chi connectivity index (χ3n) is 13.1. The van der Waals surface area contributed by atoms with Crippen molar-refractivity contribution in [3.8, 4) is 0 Å². The first-order valence-electron chi connectivity index (χ1n) is 22.5. The summed E-state index contributed by atoms with van der Waals surface area (Å²) in [5.74, 6) is -2.10. The van der Waals surface area contributed by atoms with E-state index in [0.29, 0.717) is 44.1 Å². The van der Waals surface area contributed by atoms with Crippen LogP contribution in [0, 0.1) is 23.7 Å². The van der Waals surface area contributed by atoms with Crippen molar-refractivity contribution in [3.63, 3.8) is 0 Å². The van der Waals surface area contributed by atoms with E-state index in [1.165, 1.54) is 47.1 Å². The van der Waals surface area contributed by atoms with Crippen molar-refractivity contribution < 1.29 is 43.4 Å². The minimum absolute atomic E-state index is 0.178. The summed E-state index contributed by atoms with van der Waals surface area (Å²) in [7, 11) is 3.09. The number of nitrogens with two attached hydrogens (primary N) is 2. The van der Waals surface area contributed by atoms with E-state index in [4.69, 9.17) is 16.2 Å². The SMILES string of the molecule is COC1CCC(C[C@H](NC(C)=O)C(=O)N[C@@H](CC2CCC3CCCCC3C2)C(=O)N[C@@](C)(CCCCN)C(=O)N[C@@H](C)C(=O)N[C@@H](C)C(O)NCC(=O)N(C)CC(N)=O)CC1. The largest absolute Gasteiger partial charge is 0.381 e. The number of carbonyl (C=O) groups is 7. The lowest BCUT2D eigenvalue weighted by molar-refractivity contribution is -0.138. The van der Waals surface area contributed by atoms with E-state index in [1.54, 1.807) is 14.0 Å². The summed E-state index contributed by atoms with van der Waals surface area (Å²) in [6.45, 7) is 5.69. The second-order valence-corrected chi connectivity index (χ2v) is 18.2. The van der Waals surface area contributed by atoms with Crippen LogP contribution in [0.5, 0.6) is 0 Å². The molecule has 0 aromatic rings. The number of unbranched alkanes of at least 4 members (excludes halogenated alkanes) is 1. The molecule has 0 bridgehead atoms. The van der Waals surface area contributed by atoms with Gasteiger partial charge in [0.15, 0.2) is 0 Å². The molecule has 18 nitrogen and oxygen atoms in total. The fraction of sp³-hybridized carbons (Fsp3) is 0.837. The van der Waals surface area contributed by atoms with Crippen LogP contribution < -0.4 is 43.4 Å². The number of likely N-dealkylation sites (N-methyl/N-ethyl adjacent to an activating group) is 1. The van der Waals surface area contributed by atoms with Gasteiger partial charge in [-0.05, 0) is 122 Å². The minimum Gasteiger partial charge on any atom is -0.381 e. The predicted molar refractivity (Wildman–Crippen MR) is 230 cm³/mol. The van der Waals surface area contributed by atoms with Crippen molar-refractivity contribution in [2.45, 2.75) is 172 Å². The van der Waals surface area contributed by atoms with Gasteiger partial charge in [-0.1, -0.05) is 32.1 Å². The van der Waals surface area contributed by atoms with Gasteiger partial charge < -0.3 is 52.8 Å². The number of primary amides is 1. The van der Waals surface area contributed by atoms with Crippen molar-refractivity contribution >= 4 is 41.4 Å². The Balaban J connectivity index is 1.76. The summed E-state index contributed by atoms with van der Waals surface area (Å²) in [5, 5.41) is 27.3. The molecule has 7 amide bonds. The van der Waals surface area contributed by atoms with Crippen LogP contribution in [-0.4, -0.2) is 127 Å². The normalized spacial score (nSPS) is 24.8. The van der Waals surface area contributed by atoms with E-state index in [2.05, 4.69) is 31.9 Å². The van der Waals surface area contributed by atoms with Crippen LogP contribution in [0.4, 0.5) is 0 Å². The third kappa shape index (κ3) is 17.1. The standard InChI is InChI=1S/C43H77N9O9/c1-26(38(56)46-24-37(55)52(5)25-36(45)54)47-39(57)27(2)48-42(60)43(4,19-9-10-20-44)51-41(59)35(23-30-13-16-31-11-7-8-12-32(31)21-30)50-40(58)34(49-28(3)53)22-29-14-17-33(61-6)18-15-29/h26-27,29-35,38,46,56H,7-25,44H2,1-6H3,(H2,45,54)(H,47,57)(H,48,60)(H,49,53)(H,50,58)(H,51,59)/t26-,27-,29?,30?,31?,32?,33?,34-,35-,38?,43-/m0/s1. The van der Waals surface area contributed by atoms with Crippen molar-refractivity contribution in [1.82, 2.24) is 36.8 Å². The molecule has 11 N–H and O–H groups in total. The summed E-state index contributed by atoms with van der Waals surface area (Å²) in [6.07, 6.45) is 12.2. The molecule has 3 fully saturated rings. The number of rotatable bonds is 24. The van der Waals surface area contributed by atoms with Crippen LogP contribution in [0.15, 0.2) is 0 Å². The Hall–Kier alpha value is -3.87. The molecule has 0 radical (unpaired) electrons. The van der Waals surface area contributed by atoms with Crippen LogP contribution in [0.3, 0.4) is 0 Å². The smallest absolute Gasteiger partial charge is 0.246 e. The fourth-order valence-electron chi connectivity index (χ4n) is 9.33. The van der Waals surface area contributed by atoms with Crippen molar-refractivity contribution in [2.75, 3.05) is 33.8 Å². The summed E-state index contributed by atoms with van der Waals surface area (Å²) >= 11 is 0. The average Bonchev–Trinajstić information content (AvgIpc) is 3.21. The molecule has 9 atom stereocenters. The number of hydrogen-bond donors (Lipinski definition) is 9. The van der Waals surface area contributed by atoms with Gasteiger partial charge >= 0.3 is 0 Å². The van der Waals surface area contributed by atoms with Gasteiger partial charge in [0.25, 0.3) is 0 Å². The Morgan fingerprint density at radius 1 is 0.803 bits per heavy atom. The number of ether oxygens (including phenoxy) is 1. The number of carbonyl (C=O) groups excluding carboxylic acids is 7. The molecule has 3 aliphatic carbocycles. The Bertz CT molecular complexity index is 1480. The lowest BCUT2D eigenvalue weighted by Crippen LogP contribution is -2.64. The molecular weight excluding hydrogens is 787 g/mol. The molecule has 0 aromatic carbocycles. The Kier molecular flexibility index (Phi) is 21.3. The maximum Gasteiger partial charge on any atom is 0.246 e. The van der Waals surface area contributed by atoms with Crippen LogP contribution in [0.1, 0.15) is 130 Å². The van der Waals surface area contributed by atoms with Gasteiger partial charge in [0.1, 0.15) is 29.9 Å². The van der Waals surface area contributed by atoms with Crippen LogP contribution in [0.2, 0.25) is 0 Å². The van der Waals surface area contributed by atoms with E-state index < -0.39 is 71.4 Å². The van der Waals surface area contributed by atoms with E-state index in [9.17, 15) is 38.7 Å². The zero-order valence-electron chi connectivity index (χ0n) is 37.5. The molecule has 3 saturated carbocycles. The van der Waals surface area contributed by atoms with Crippen LogP contribution >= 0.6 is 0 Å². The Labute approximate surface area is 362 Å². The highest BCUT2D eigenvalue weighted by Crippen LogP contribution is 2.44. The first-order chi connectivity index (χ1) is 28.8. The molecule has 0 heterocycles. The van der Waals surface area contributed by atoms with Crippen molar-refractivity contribution in [1.29, 1.82) is 0 Å². The maximum atomic E-state index is 14.5. The molecule has 18 heteroatoms. The van der Waals surface area contributed by atoms with E-state index >= 15 is 0 Å². The average molecular weight is 864 g/mol. The monoisotopic (exact) mass is 864 g/mol. The molecule has 3 rings (SSSR count). The lowest BCUT2D eigenvalue weighted by Gasteiger charge is -2.40. The molecule has 3 aliphatic rings. The first-order valence-corrected chi connectivity index (χ1v) is 22.5. The second kappa shape index (κ2) is 25.3. The topological polar surface area (TPSA) is 276 Å². The Morgan fingerprint density at radius 2 is 1.43 bits per heavy atom. The summed E-state index contributed by atoms with van der Waals surface area (Å²) < 4.78 is 5.53. The number of aliphatic hydroxyl groups is 1. The van der Waals surface area contributed by atoms with E-state index in [-0.39, 0.29) is 43.4 Å². The van der Waals surface area contributed by atoms with Crippen molar-refractivity contribution in [2.24, 2.45) is 35.1 Å². The highest BCUT2D eigenvalue weighted by molar-refractivity contribution is 5.97. The summed E-state index contributed by atoms with van der Waals surface area (Å²) in [6, 6.07) is -3.83. The van der Waals surface area contributed by atoms with Gasteiger partial charge in [-0.25, -0.2) is 0 Å². The number of fused-ring (bicyclic) bond motifs is 1. The molecule has 0 aliphatic heterocycles. The zero-order valence-corrected chi connectivity index (χ0v) is 37.5. The number of hydrogen-bond acceptors (Lipinski definition) is 11. The number of amides is 7. The second-order valence-electron chi connectivity index (χ2n) is 18.2. The molecule has 0 saturated heterocycles. The minimum atomic E-state index is -1.51. The zero-order chi connectivity index (χ0) is 45.3. The number of nitrogens with zero attached hydrogens (tertiary/aromatic N) is 1. The molecular formula is C43H77N9O9. The maximum absolute atomic E-state index is 14.5. The molecule has 348 valence electrons. The van der Waals surface area contributed by atoms with Gasteiger partial charge in [0.2, 0.25) is 41.4 Å². The molecule has 0 spiro atoms. The Morgan fingerprint density at radius 3 is 2.05 bits per heavy atom. The lowest BCUT2D eigenvalue weighted by atomic mass is 9.66. The van der Waals surface area contributed by atoms with Crippen LogP contribution in [0.25, 0.3) is 0 Å². The summed E-state index contributed by atoms with van der Waals surface area (Å²) in [4.78, 5) is 92.9. The highest BCUT2D eigenvalue weighted by atomic mass is 16.5. The van der Waals surface area contributed by atoms with Gasteiger partial charge in [0.05, 0.1) is 25.2 Å². The highest BCUT2D eigenvalue weighted by Gasteiger charge is 2.41. The van der Waals surface area contributed by atoms with Crippen molar-refractivity contribution in [3.05, 3.63) is 0 Å². The predicted octanol–water partition coefficient (Wildman–Crippen LogP) is 0.433. The first kappa shape index (κ1) is 51.5. The quantitative estimate of drug-likeness (QED) is 0.0474. The number of nitrogens with one attached hydrogen (secondary N) is 6. The fourth-order valence-corrected chi connectivity index (χ4v) is 9.33. The van der Waals surface area contributed by atoms with Gasteiger partial charge in [-0.15, -0.1) is 0 Å². The molecule has 4 unspecified atom stereocenters. The van der Waals surface area contributed by atoms with Gasteiger partial charge in [-0.3, -0.25) is 38.9 Å². The van der Waals surface area contributed by atoms with E-state index in [1.807, 2.05) is 0 Å². The molecule has 61 heavy (non-hydrogen) atoms. The summed E-state index contributed by atoms with van der Waals surface area (Å²) in [5.41, 5.74) is 9.43. The van der Waals surface area contributed by atoms with E-state index in [0.717, 1.165) is 56.3 Å². The molecule has 0 aromatic heterocycles.